The van der Waals surface area contributed by atoms with E-state index in [9.17, 15) is 9.59 Å². The lowest BCUT2D eigenvalue weighted by Crippen LogP contribution is -2.45. The van der Waals surface area contributed by atoms with E-state index < -0.39 is 6.10 Å². The highest BCUT2D eigenvalue weighted by Gasteiger charge is 2.34. The van der Waals surface area contributed by atoms with E-state index >= 15 is 0 Å². The molecule has 1 aliphatic carbocycles. The first-order valence-corrected chi connectivity index (χ1v) is 16.5. The van der Waals surface area contributed by atoms with E-state index in [0.717, 1.165) is 48.7 Å². The Morgan fingerprint density at radius 2 is 1.52 bits per heavy atom. The summed E-state index contributed by atoms with van der Waals surface area (Å²) in [5, 5.41) is 3.47. The number of nitrogens with zero attached hydrogens (tertiary/aromatic N) is 1. The van der Waals surface area contributed by atoms with Crippen molar-refractivity contribution in [3.63, 3.8) is 0 Å². The quantitative estimate of drug-likeness (QED) is 0.260. The summed E-state index contributed by atoms with van der Waals surface area (Å²) < 4.78 is 5.86. The minimum absolute atomic E-state index is 0.000435. The first-order chi connectivity index (χ1) is 21.0. The lowest BCUT2D eigenvalue weighted by Gasteiger charge is -2.34. The fourth-order valence-electron chi connectivity index (χ4n) is 5.17. The molecule has 0 radical (unpaired) electrons. The molecule has 0 bridgehead atoms. The first kappa shape index (κ1) is 35.2. The van der Waals surface area contributed by atoms with E-state index in [1.165, 1.54) is 30.4 Å². The summed E-state index contributed by atoms with van der Waals surface area (Å²) in [6.45, 7) is 13.9. The first-order valence-electron chi connectivity index (χ1n) is 16.2. The van der Waals surface area contributed by atoms with Gasteiger partial charge in [0.1, 0.15) is 5.75 Å². The zero-order valence-electron chi connectivity index (χ0n) is 27.5. The molecule has 0 spiro atoms. The Morgan fingerprint density at radius 1 is 0.909 bits per heavy atom. The van der Waals surface area contributed by atoms with Gasteiger partial charge in [-0.1, -0.05) is 114 Å². The van der Waals surface area contributed by atoms with Crippen molar-refractivity contribution in [2.75, 3.05) is 11.4 Å². The van der Waals surface area contributed by atoms with Gasteiger partial charge in [-0.2, -0.15) is 0 Å². The topological polar surface area (TPSA) is 58.6 Å². The number of para-hydroxylation sites is 2. The van der Waals surface area contributed by atoms with Gasteiger partial charge in [-0.3, -0.25) is 9.59 Å². The number of aryl methyl sites for hydroxylation is 1. The lowest BCUT2D eigenvalue weighted by atomic mass is 9.91. The van der Waals surface area contributed by atoms with Gasteiger partial charge >= 0.3 is 0 Å². The molecule has 5 rings (SSSR count). The van der Waals surface area contributed by atoms with Crippen LogP contribution in [0.2, 0.25) is 5.02 Å². The van der Waals surface area contributed by atoms with Crippen LogP contribution in [0.25, 0.3) is 0 Å². The van der Waals surface area contributed by atoms with Gasteiger partial charge in [0.25, 0.3) is 5.91 Å². The van der Waals surface area contributed by atoms with Crippen molar-refractivity contribution in [2.24, 2.45) is 11.3 Å². The molecule has 3 aromatic carbocycles. The van der Waals surface area contributed by atoms with Crippen molar-refractivity contribution < 1.29 is 14.3 Å². The van der Waals surface area contributed by atoms with E-state index in [1.54, 1.807) is 11.8 Å². The van der Waals surface area contributed by atoms with Gasteiger partial charge in [0, 0.05) is 18.5 Å². The molecule has 1 aliphatic heterocycles. The summed E-state index contributed by atoms with van der Waals surface area (Å²) in [6, 6.07) is 23.9. The Morgan fingerprint density at radius 3 is 2.07 bits per heavy atom. The molecule has 238 valence electrons. The summed E-state index contributed by atoms with van der Waals surface area (Å²) >= 11 is 6.25. The number of hydrogen-bond donors (Lipinski definition) is 1. The van der Waals surface area contributed by atoms with Crippen LogP contribution < -0.4 is 15.0 Å². The van der Waals surface area contributed by atoms with Crippen LogP contribution in [-0.4, -0.2) is 24.5 Å². The highest BCUT2D eigenvalue weighted by molar-refractivity contribution is 6.31. The van der Waals surface area contributed by atoms with Crippen LogP contribution in [0.15, 0.2) is 72.8 Å². The predicted molar refractivity (Wildman–Crippen MR) is 183 cm³/mol. The summed E-state index contributed by atoms with van der Waals surface area (Å²) in [6.07, 6.45) is 7.39. The van der Waals surface area contributed by atoms with Crippen LogP contribution in [-0.2, 0) is 29.0 Å². The molecule has 2 amide bonds. The van der Waals surface area contributed by atoms with Gasteiger partial charge in [0.15, 0.2) is 6.10 Å². The maximum atomic E-state index is 12.8. The van der Waals surface area contributed by atoms with Crippen molar-refractivity contribution in [2.45, 2.75) is 99.1 Å². The maximum absolute atomic E-state index is 12.8. The monoisotopic (exact) mass is 618 g/mol. The van der Waals surface area contributed by atoms with E-state index in [1.807, 2.05) is 48.5 Å². The molecule has 1 heterocycles. The van der Waals surface area contributed by atoms with Crippen molar-refractivity contribution in [3.8, 4) is 5.75 Å². The second kappa shape index (κ2) is 17.2. The third kappa shape index (κ3) is 11.3. The molecule has 1 unspecified atom stereocenters. The maximum Gasteiger partial charge on any atom is 0.268 e. The number of hydrogen-bond acceptors (Lipinski definition) is 3. The third-order valence-corrected chi connectivity index (χ3v) is 8.32. The zero-order chi connectivity index (χ0) is 32.1. The lowest BCUT2D eigenvalue weighted by molar-refractivity contribution is -0.126. The van der Waals surface area contributed by atoms with Gasteiger partial charge in [0.2, 0.25) is 5.91 Å². The molecule has 0 saturated heterocycles. The fourth-order valence-corrected chi connectivity index (χ4v) is 5.37. The van der Waals surface area contributed by atoms with Crippen LogP contribution in [0.3, 0.4) is 0 Å². The number of amides is 2. The number of rotatable bonds is 9. The second-order valence-electron chi connectivity index (χ2n) is 12.8. The van der Waals surface area contributed by atoms with Crippen LogP contribution in [0.4, 0.5) is 5.69 Å². The highest BCUT2D eigenvalue weighted by Crippen LogP contribution is 2.44. The predicted octanol–water partition coefficient (Wildman–Crippen LogP) is 9.19. The number of halogens is 1. The van der Waals surface area contributed by atoms with Crippen LogP contribution in [0, 0.1) is 11.3 Å². The minimum Gasteiger partial charge on any atom is -0.478 e. The largest absolute Gasteiger partial charge is 0.478 e. The smallest absolute Gasteiger partial charge is 0.268 e. The average Bonchev–Trinajstić information content (AvgIpc) is 3.85. The van der Waals surface area contributed by atoms with E-state index in [-0.39, 0.29) is 11.8 Å². The average molecular weight is 619 g/mol. The Balaban J connectivity index is 0.000000207. The van der Waals surface area contributed by atoms with Gasteiger partial charge in [-0.15, -0.1) is 0 Å². The minimum atomic E-state index is -0.414. The molecule has 44 heavy (non-hydrogen) atoms. The summed E-state index contributed by atoms with van der Waals surface area (Å²) in [7, 11) is 0. The number of anilines is 1. The molecule has 3 aromatic rings. The summed E-state index contributed by atoms with van der Waals surface area (Å²) in [5.74, 6) is 1.85. The Labute approximate surface area is 270 Å². The van der Waals surface area contributed by atoms with Crippen LogP contribution in [0.5, 0.6) is 5.75 Å². The van der Waals surface area contributed by atoms with Crippen LogP contribution in [0.1, 0.15) is 90.3 Å². The molecule has 5 nitrogen and oxygen atoms in total. The van der Waals surface area contributed by atoms with E-state index in [4.69, 9.17) is 16.3 Å². The van der Waals surface area contributed by atoms with Crippen molar-refractivity contribution >= 4 is 29.1 Å². The standard InChI is InChI=1S/C18H18ClNO2.C13H19NO.C7H14/c1-2-7-17-18(21)20(12-13-8-3-4-9-14(13)19)15-10-5-6-11-16(15)22-17;1-3-4-12-5-7-13(8-6-12)9-10-14-11(2)15;1-7(2,3)6-4-5-6/h3-6,8-11,17H,2,7,12H2,1H3;5-8H,3-4,9-10H2,1-2H3,(H,14,15);6H,4-5H2,1-3H3. The fraction of sp³-hybridized carbons (Fsp3) is 0.474. The second-order valence-corrected chi connectivity index (χ2v) is 13.2. The Bertz CT molecular complexity index is 1330. The number of carbonyl (C=O) groups is 2. The number of fused-ring (bicyclic) bond motifs is 1. The number of benzene rings is 3. The number of ether oxygens (including phenoxy) is 1. The van der Waals surface area contributed by atoms with Gasteiger partial charge < -0.3 is 15.0 Å². The normalized spacial score (nSPS) is 15.6. The zero-order valence-corrected chi connectivity index (χ0v) is 28.3. The molecular weight excluding hydrogens is 568 g/mol. The van der Waals surface area contributed by atoms with Crippen LogP contribution >= 0.6 is 11.6 Å². The van der Waals surface area contributed by atoms with Gasteiger partial charge in [0.05, 0.1) is 12.2 Å². The molecule has 2 aliphatic rings. The molecular formula is C38H51ClN2O3. The van der Waals surface area contributed by atoms with Gasteiger partial charge in [-0.25, -0.2) is 0 Å². The number of carbonyl (C=O) groups excluding carboxylic acids is 2. The van der Waals surface area contributed by atoms with E-state index in [2.05, 4.69) is 64.2 Å². The Hall–Kier alpha value is -3.31. The summed E-state index contributed by atoms with van der Waals surface area (Å²) in [5.41, 5.74) is 5.02. The summed E-state index contributed by atoms with van der Waals surface area (Å²) in [4.78, 5) is 25.2. The molecule has 1 fully saturated rings. The van der Waals surface area contributed by atoms with Crippen molar-refractivity contribution in [1.29, 1.82) is 0 Å². The Kier molecular flexibility index (Phi) is 13.8. The molecule has 1 saturated carbocycles. The molecule has 0 aromatic heterocycles. The third-order valence-electron chi connectivity index (χ3n) is 7.96. The molecule has 6 heteroatoms. The van der Waals surface area contributed by atoms with Crippen molar-refractivity contribution in [3.05, 3.63) is 94.5 Å². The SMILES string of the molecule is CC(C)(C)C1CC1.CCCC1Oc2ccccc2N(Cc2ccccc2Cl)C1=O.CCCc1ccc(CCNC(C)=O)cc1. The highest BCUT2D eigenvalue weighted by atomic mass is 35.5. The van der Waals surface area contributed by atoms with Gasteiger partial charge in [-0.05, 0) is 78.3 Å². The number of nitrogens with one attached hydrogen (secondary N) is 1. The molecule has 1 atom stereocenters. The van der Waals surface area contributed by atoms with Crippen molar-refractivity contribution in [1.82, 2.24) is 5.32 Å². The molecule has 1 N–H and O–H groups in total. The van der Waals surface area contributed by atoms with E-state index in [0.29, 0.717) is 23.4 Å².